The van der Waals surface area contributed by atoms with Crippen LogP contribution in [-0.4, -0.2) is 77.1 Å². The van der Waals surface area contributed by atoms with E-state index >= 15 is 0 Å². The number of carbonyl (C=O) groups excluding carboxylic acids is 1. The molecule has 2 aromatic rings. The van der Waals surface area contributed by atoms with Crippen LogP contribution in [-0.2, 0) is 4.74 Å². The molecule has 0 saturated carbocycles. The molecule has 1 saturated heterocycles. The molecule has 1 aromatic carbocycles. The molecule has 0 spiro atoms. The van der Waals surface area contributed by atoms with Gasteiger partial charge < -0.3 is 15.0 Å². The zero-order valence-corrected chi connectivity index (χ0v) is 19.8. The number of rotatable bonds is 9. The van der Waals surface area contributed by atoms with Gasteiger partial charge in [0.2, 0.25) is 0 Å². The maximum Gasteiger partial charge on any atom is 0.295 e. The van der Waals surface area contributed by atoms with Crippen LogP contribution >= 0.6 is 0 Å². The van der Waals surface area contributed by atoms with Crippen molar-refractivity contribution in [3.63, 3.8) is 0 Å². The van der Waals surface area contributed by atoms with Crippen LogP contribution in [0.1, 0.15) is 38.1 Å². The average molecular weight is 456 g/mol. The van der Waals surface area contributed by atoms with Crippen molar-refractivity contribution in [3.8, 4) is 11.3 Å². The molecule has 0 atom stereocenters. The number of nitro groups is 1. The second-order valence-corrected chi connectivity index (χ2v) is 8.65. The van der Waals surface area contributed by atoms with Gasteiger partial charge in [-0.05, 0) is 39.8 Å². The van der Waals surface area contributed by atoms with Gasteiger partial charge in [-0.3, -0.25) is 19.8 Å². The van der Waals surface area contributed by atoms with E-state index < -0.39 is 4.92 Å². The molecule has 0 radical (unpaired) electrons. The van der Waals surface area contributed by atoms with E-state index in [0.717, 1.165) is 32.8 Å². The minimum absolute atomic E-state index is 0.0123. The molecule has 0 aliphatic carbocycles. The Morgan fingerprint density at radius 1 is 1.15 bits per heavy atom. The first kappa shape index (κ1) is 24.6. The van der Waals surface area contributed by atoms with Crippen LogP contribution in [0.15, 0.2) is 36.4 Å². The lowest BCUT2D eigenvalue weighted by atomic mass is 10.0. The monoisotopic (exact) mass is 455 g/mol. The second-order valence-electron chi connectivity index (χ2n) is 8.65. The normalized spacial score (nSPS) is 14.5. The van der Waals surface area contributed by atoms with Gasteiger partial charge in [-0.1, -0.05) is 18.2 Å². The number of pyridine rings is 1. The summed E-state index contributed by atoms with van der Waals surface area (Å²) in [6.45, 7) is 12.5. The van der Waals surface area contributed by atoms with Crippen LogP contribution in [0.5, 0.6) is 0 Å². The molecule has 33 heavy (non-hydrogen) atoms. The fourth-order valence-electron chi connectivity index (χ4n) is 4.14. The average Bonchev–Trinajstić information content (AvgIpc) is 2.79. The van der Waals surface area contributed by atoms with Gasteiger partial charge in [-0.2, -0.15) is 0 Å². The van der Waals surface area contributed by atoms with Crippen molar-refractivity contribution < 1.29 is 14.5 Å². The number of hydrogen-bond donors (Lipinski definition) is 1. The summed E-state index contributed by atoms with van der Waals surface area (Å²) in [7, 11) is 0. The second kappa shape index (κ2) is 11.2. The van der Waals surface area contributed by atoms with E-state index in [1.165, 1.54) is 6.07 Å². The fourth-order valence-corrected chi connectivity index (χ4v) is 4.14. The number of nitrogens with one attached hydrogen (secondary N) is 1. The van der Waals surface area contributed by atoms with Crippen molar-refractivity contribution in [1.29, 1.82) is 0 Å². The lowest BCUT2D eigenvalue weighted by Crippen LogP contribution is -2.42. The Balaban J connectivity index is 1.92. The van der Waals surface area contributed by atoms with Gasteiger partial charge in [0.25, 0.3) is 11.6 Å². The van der Waals surface area contributed by atoms with Gasteiger partial charge in [0.05, 0.1) is 18.1 Å². The molecule has 1 aromatic heterocycles. The van der Waals surface area contributed by atoms with E-state index in [0.29, 0.717) is 23.5 Å². The lowest BCUT2D eigenvalue weighted by Gasteiger charge is -2.31. The third-order valence-electron chi connectivity index (χ3n) is 5.67. The zero-order valence-electron chi connectivity index (χ0n) is 19.8. The molecule has 1 amide bonds. The molecule has 9 heteroatoms. The van der Waals surface area contributed by atoms with E-state index in [1.807, 2.05) is 27.7 Å². The quantitative estimate of drug-likeness (QED) is 0.455. The number of ether oxygens (including phenoxy) is 1. The minimum Gasteiger partial charge on any atom is -0.379 e. The summed E-state index contributed by atoms with van der Waals surface area (Å²) >= 11 is 0. The predicted molar refractivity (Wildman–Crippen MR) is 129 cm³/mol. The number of morpholine rings is 1. The fraction of sp³-hybridized carbons (Fsp3) is 0.500. The zero-order chi connectivity index (χ0) is 24.0. The maximum atomic E-state index is 13.4. The van der Waals surface area contributed by atoms with Crippen LogP contribution in [0, 0.1) is 10.1 Å². The van der Waals surface area contributed by atoms with E-state index in [9.17, 15) is 14.9 Å². The Kier molecular flexibility index (Phi) is 8.35. The Morgan fingerprint density at radius 3 is 2.45 bits per heavy atom. The van der Waals surface area contributed by atoms with E-state index in [4.69, 9.17) is 4.74 Å². The van der Waals surface area contributed by atoms with Gasteiger partial charge in [-0.25, -0.2) is 4.98 Å². The third-order valence-corrected chi connectivity index (χ3v) is 5.67. The first-order valence-corrected chi connectivity index (χ1v) is 11.4. The molecule has 1 aliphatic heterocycles. The van der Waals surface area contributed by atoms with Crippen LogP contribution in [0.3, 0.4) is 0 Å². The van der Waals surface area contributed by atoms with Crippen LogP contribution in [0.2, 0.25) is 0 Å². The smallest absolute Gasteiger partial charge is 0.295 e. The van der Waals surface area contributed by atoms with Crippen molar-refractivity contribution in [2.45, 2.75) is 39.8 Å². The van der Waals surface area contributed by atoms with Crippen LogP contribution in [0.4, 0.5) is 11.5 Å². The van der Waals surface area contributed by atoms with Crippen LogP contribution < -0.4 is 5.32 Å². The van der Waals surface area contributed by atoms with Crippen molar-refractivity contribution in [2.24, 2.45) is 0 Å². The summed E-state index contributed by atoms with van der Waals surface area (Å²) < 4.78 is 5.37. The number of amides is 1. The number of carbonyl (C=O) groups is 1. The van der Waals surface area contributed by atoms with Gasteiger partial charge in [0, 0.05) is 55.5 Å². The molecular weight excluding hydrogens is 422 g/mol. The number of hydrogen-bond acceptors (Lipinski definition) is 7. The molecule has 178 valence electrons. The predicted octanol–water partition coefficient (Wildman–Crippen LogP) is 3.66. The van der Waals surface area contributed by atoms with E-state index in [1.54, 1.807) is 35.2 Å². The highest BCUT2D eigenvalue weighted by molar-refractivity contribution is 6.01. The Bertz CT molecular complexity index is 965. The first-order chi connectivity index (χ1) is 15.8. The van der Waals surface area contributed by atoms with E-state index in [-0.39, 0.29) is 29.4 Å². The number of anilines is 1. The van der Waals surface area contributed by atoms with Crippen molar-refractivity contribution in [3.05, 3.63) is 52.1 Å². The summed E-state index contributed by atoms with van der Waals surface area (Å²) in [5.41, 5.74) is 0.917. The molecule has 3 rings (SSSR count). The molecule has 9 nitrogen and oxygen atoms in total. The molecule has 1 aliphatic rings. The highest BCUT2D eigenvalue weighted by atomic mass is 16.6. The van der Waals surface area contributed by atoms with Crippen molar-refractivity contribution >= 4 is 17.4 Å². The molecule has 2 heterocycles. The Labute approximate surface area is 194 Å². The van der Waals surface area contributed by atoms with Crippen molar-refractivity contribution in [2.75, 3.05) is 44.7 Å². The van der Waals surface area contributed by atoms with Crippen molar-refractivity contribution in [1.82, 2.24) is 14.8 Å². The van der Waals surface area contributed by atoms with E-state index in [2.05, 4.69) is 15.2 Å². The molecule has 0 unspecified atom stereocenters. The van der Waals surface area contributed by atoms with Gasteiger partial charge in [0.15, 0.2) is 5.69 Å². The van der Waals surface area contributed by atoms with Crippen LogP contribution in [0.25, 0.3) is 11.3 Å². The minimum atomic E-state index is -0.455. The highest BCUT2D eigenvalue weighted by Crippen LogP contribution is 2.33. The largest absolute Gasteiger partial charge is 0.379 e. The number of benzene rings is 1. The maximum absolute atomic E-state index is 13.4. The van der Waals surface area contributed by atoms with Gasteiger partial charge in [-0.15, -0.1) is 0 Å². The Hall–Kier alpha value is -3.04. The molecular formula is C24H33N5O4. The highest BCUT2D eigenvalue weighted by Gasteiger charge is 2.27. The summed E-state index contributed by atoms with van der Waals surface area (Å²) in [6.07, 6.45) is 0. The summed E-state index contributed by atoms with van der Waals surface area (Å²) in [5, 5.41) is 15.1. The third kappa shape index (κ3) is 6.06. The first-order valence-electron chi connectivity index (χ1n) is 11.4. The lowest BCUT2D eigenvalue weighted by molar-refractivity contribution is -0.384. The summed E-state index contributed by atoms with van der Waals surface area (Å²) in [4.78, 5) is 33.4. The SMILES string of the molecule is CC(C)N(C(=O)c1ccccc1-c1nc(NCCN2CCOCC2)ccc1[N+](=O)[O-])C(C)C. The number of nitrogens with zero attached hydrogens (tertiary/aromatic N) is 4. The topological polar surface area (TPSA) is 101 Å². The number of aromatic nitrogens is 1. The molecule has 1 N–H and O–H groups in total. The molecule has 0 bridgehead atoms. The van der Waals surface area contributed by atoms with Gasteiger partial charge in [0.1, 0.15) is 5.82 Å². The molecule has 1 fully saturated rings. The Morgan fingerprint density at radius 2 is 1.82 bits per heavy atom. The summed E-state index contributed by atoms with van der Waals surface area (Å²) in [6, 6.07) is 10.0. The standard InChI is InChI=1S/C24H33N5O4/c1-17(2)28(18(3)4)24(30)20-8-6-5-7-19(20)23-21(29(31)32)9-10-22(26-23)25-11-12-27-13-15-33-16-14-27/h5-10,17-18H,11-16H2,1-4H3,(H,25,26). The summed E-state index contributed by atoms with van der Waals surface area (Å²) in [5.74, 6) is 0.369. The van der Waals surface area contributed by atoms with Gasteiger partial charge >= 0.3 is 0 Å².